The lowest BCUT2D eigenvalue weighted by Gasteiger charge is -2.30. The number of thiophene rings is 1. The zero-order chi connectivity index (χ0) is 17.3. The van der Waals surface area contributed by atoms with Crippen LogP contribution >= 0.6 is 11.3 Å². The molecule has 0 aliphatic carbocycles. The maximum atomic E-state index is 12.9. The zero-order valence-electron chi connectivity index (χ0n) is 13.0. The summed E-state index contributed by atoms with van der Waals surface area (Å²) < 4.78 is 29.2. The largest absolute Gasteiger partial charge is 0.477 e. The van der Waals surface area contributed by atoms with Gasteiger partial charge < -0.3 is 14.7 Å². The van der Waals surface area contributed by atoms with E-state index < -0.39 is 15.8 Å². The average Bonchev–Trinajstić information content (AvgIpc) is 3.24. The van der Waals surface area contributed by atoms with Crippen LogP contribution in [0.25, 0.3) is 0 Å². The van der Waals surface area contributed by atoms with E-state index in [1.807, 2.05) is 0 Å². The quantitative estimate of drug-likeness (QED) is 0.834. The minimum absolute atomic E-state index is 0.0391. The van der Waals surface area contributed by atoms with Gasteiger partial charge >= 0.3 is 5.97 Å². The molecule has 2 atom stereocenters. The van der Waals surface area contributed by atoms with Gasteiger partial charge in [-0.05, 0) is 31.4 Å². The maximum Gasteiger partial charge on any atom is 0.345 e. The zero-order valence-corrected chi connectivity index (χ0v) is 14.6. The van der Waals surface area contributed by atoms with Crippen LogP contribution in [0.5, 0.6) is 0 Å². The van der Waals surface area contributed by atoms with E-state index >= 15 is 0 Å². The van der Waals surface area contributed by atoms with Gasteiger partial charge in [0, 0.05) is 19.2 Å². The van der Waals surface area contributed by atoms with Crippen LogP contribution in [0.4, 0.5) is 0 Å². The summed E-state index contributed by atoms with van der Waals surface area (Å²) in [4.78, 5) is 25.8. The normalized spacial score (nSPS) is 25.7. The van der Waals surface area contributed by atoms with Crippen molar-refractivity contribution >= 4 is 33.1 Å². The van der Waals surface area contributed by atoms with Crippen molar-refractivity contribution in [2.75, 3.05) is 24.7 Å². The molecule has 3 heterocycles. The van der Waals surface area contributed by atoms with Crippen LogP contribution in [0.15, 0.2) is 12.1 Å². The van der Waals surface area contributed by atoms with Crippen LogP contribution in [0, 0.1) is 0 Å². The summed E-state index contributed by atoms with van der Waals surface area (Å²) in [6, 6.07) is 2.51. The predicted molar refractivity (Wildman–Crippen MR) is 88.3 cm³/mol. The summed E-state index contributed by atoms with van der Waals surface area (Å²) in [6.07, 6.45) is 2.10. The molecule has 1 aromatic rings. The van der Waals surface area contributed by atoms with Gasteiger partial charge in [0.15, 0.2) is 9.84 Å². The monoisotopic (exact) mass is 373 g/mol. The third-order valence-electron chi connectivity index (χ3n) is 4.36. The van der Waals surface area contributed by atoms with E-state index in [4.69, 9.17) is 9.84 Å². The van der Waals surface area contributed by atoms with Gasteiger partial charge in [0.05, 0.1) is 22.5 Å². The van der Waals surface area contributed by atoms with Crippen molar-refractivity contribution in [1.82, 2.24) is 4.90 Å². The Labute approximate surface area is 144 Å². The Hall–Kier alpha value is -1.45. The molecule has 0 saturated carbocycles. The molecule has 3 rings (SSSR count). The lowest BCUT2D eigenvalue weighted by atomic mass is 10.1. The molecule has 1 N–H and O–H groups in total. The molecular formula is C15H19NO6S2. The number of sulfone groups is 1. The Kier molecular flexibility index (Phi) is 4.93. The number of nitrogens with zero attached hydrogens (tertiary/aromatic N) is 1. The van der Waals surface area contributed by atoms with E-state index in [1.165, 1.54) is 12.1 Å². The van der Waals surface area contributed by atoms with Gasteiger partial charge in [0.1, 0.15) is 4.88 Å². The van der Waals surface area contributed by atoms with E-state index in [-0.39, 0.29) is 34.4 Å². The summed E-state index contributed by atoms with van der Waals surface area (Å²) in [5.74, 6) is -1.35. The Morgan fingerprint density at radius 1 is 1.29 bits per heavy atom. The number of carboxylic acid groups (broad SMARTS) is 1. The second kappa shape index (κ2) is 6.81. The highest BCUT2D eigenvalue weighted by molar-refractivity contribution is 7.91. The van der Waals surface area contributed by atoms with E-state index in [0.717, 1.165) is 24.2 Å². The summed E-state index contributed by atoms with van der Waals surface area (Å²) in [6.45, 7) is 0.997. The number of hydrogen-bond acceptors (Lipinski definition) is 6. The molecule has 2 aliphatic heterocycles. The molecule has 2 aliphatic rings. The van der Waals surface area contributed by atoms with E-state index in [1.54, 1.807) is 4.90 Å². The summed E-state index contributed by atoms with van der Waals surface area (Å²) in [5.41, 5.74) is 0. The van der Waals surface area contributed by atoms with Crippen molar-refractivity contribution < 1.29 is 27.9 Å². The number of rotatable bonds is 5. The summed E-state index contributed by atoms with van der Waals surface area (Å²) in [7, 11) is -3.12. The van der Waals surface area contributed by atoms with Crippen LogP contribution in [0.2, 0.25) is 0 Å². The van der Waals surface area contributed by atoms with Crippen molar-refractivity contribution in [3.05, 3.63) is 21.9 Å². The SMILES string of the molecule is O=C(O)c1ccc(C(=O)N(CC2CCCO2)C2CCS(=O)(=O)C2)s1. The van der Waals surface area contributed by atoms with Gasteiger partial charge in [-0.1, -0.05) is 0 Å². The van der Waals surface area contributed by atoms with Crippen LogP contribution < -0.4 is 0 Å². The molecule has 7 nitrogen and oxygen atoms in total. The van der Waals surface area contributed by atoms with E-state index in [2.05, 4.69) is 0 Å². The van der Waals surface area contributed by atoms with Gasteiger partial charge in [0.2, 0.25) is 0 Å². The van der Waals surface area contributed by atoms with Gasteiger partial charge in [-0.15, -0.1) is 11.3 Å². The first-order valence-electron chi connectivity index (χ1n) is 7.82. The Morgan fingerprint density at radius 3 is 2.58 bits per heavy atom. The molecule has 0 spiro atoms. The highest BCUT2D eigenvalue weighted by Gasteiger charge is 2.37. The second-order valence-electron chi connectivity index (χ2n) is 6.12. The molecule has 24 heavy (non-hydrogen) atoms. The topological polar surface area (TPSA) is 101 Å². The minimum Gasteiger partial charge on any atom is -0.477 e. The van der Waals surface area contributed by atoms with Crippen molar-refractivity contribution in [1.29, 1.82) is 0 Å². The van der Waals surface area contributed by atoms with Crippen LogP contribution in [0.1, 0.15) is 38.6 Å². The lowest BCUT2D eigenvalue weighted by molar-refractivity contribution is 0.0445. The highest BCUT2D eigenvalue weighted by atomic mass is 32.2. The lowest BCUT2D eigenvalue weighted by Crippen LogP contribution is -2.45. The number of aromatic carboxylic acids is 1. The van der Waals surface area contributed by atoms with Gasteiger partial charge in [-0.3, -0.25) is 4.79 Å². The molecule has 0 aromatic carbocycles. The van der Waals surface area contributed by atoms with E-state index in [0.29, 0.717) is 24.4 Å². The minimum atomic E-state index is -3.12. The number of carbonyl (C=O) groups excluding carboxylic acids is 1. The molecule has 2 fully saturated rings. The van der Waals surface area contributed by atoms with Crippen LogP contribution in [-0.2, 0) is 14.6 Å². The first-order valence-corrected chi connectivity index (χ1v) is 10.5. The molecule has 1 amide bonds. The molecule has 2 unspecified atom stereocenters. The van der Waals surface area contributed by atoms with Crippen molar-refractivity contribution in [3.63, 3.8) is 0 Å². The highest BCUT2D eigenvalue weighted by Crippen LogP contribution is 2.25. The fourth-order valence-corrected chi connectivity index (χ4v) is 5.67. The van der Waals surface area contributed by atoms with Crippen LogP contribution in [-0.4, -0.2) is 67.1 Å². The van der Waals surface area contributed by atoms with Crippen molar-refractivity contribution in [2.45, 2.75) is 31.4 Å². The first-order chi connectivity index (χ1) is 11.4. The summed E-state index contributed by atoms with van der Waals surface area (Å²) >= 11 is 0.913. The average molecular weight is 373 g/mol. The standard InChI is InChI=1S/C15H19NO6S2/c17-14(12-3-4-13(23-12)15(18)19)16(8-11-2-1-6-22-11)10-5-7-24(20,21)9-10/h3-4,10-11H,1-2,5-9H2,(H,18,19). The number of ether oxygens (including phenoxy) is 1. The van der Waals surface area contributed by atoms with E-state index in [9.17, 15) is 18.0 Å². The second-order valence-corrected chi connectivity index (χ2v) is 9.43. The Bertz CT molecular complexity index is 735. The fourth-order valence-electron chi connectivity index (χ4n) is 3.14. The number of carboxylic acids is 1. The number of carbonyl (C=O) groups is 2. The summed E-state index contributed by atoms with van der Waals surface area (Å²) in [5, 5.41) is 9.01. The number of hydrogen-bond donors (Lipinski definition) is 1. The molecule has 132 valence electrons. The van der Waals surface area contributed by atoms with Crippen molar-refractivity contribution in [2.24, 2.45) is 0 Å². The molecule has 9 heteroatoms. The third-order valence-corrected chi connectivity index (χ3v) is 7.17. The Balaban J connectivity index is 1.82. The van der Waals surface area contributed by atoms with Crippen molar-refractivity contribution in [3.8, 4) is 0 Å². The van der Waals surface area contributed by atoms with Gasteiger partial charge in [-0.2, -0.15) is 0 Å². The fraction of sp³-hybridized carbons (Fsp3) is 0.600. The third kappa shape index (κ3) is 3.79. The molecule has 2 saturated heterocycles. The van der Waals surface area contributed by atoms with Gasteiger partial charge in [0.25, 0.3) is 5.91 Å². The molecule has 0 radical (unpaired) electrons. The maximum absolute atomic E-state index is 12.9. The smallest absolute Gasteiger partial charge is 0.345 e. The van der Waals surface area contributed by atoms with Gasteiger partial charge in [-0.25, -0.2) is 13.2 Å². The first kappa shape index (κ1) is 17.4. The van der Waals surface area contributed by atoms with Crippen LogP contribution in [0.3, 0.4) is 0 Å². The molecule has 1 aromatic heterocycles. The molecule has 0 bridgehead atoms. The Morgan fingerprint density at radius 2 is 2.04 bits per heavy atom. The predicted octanol–water partition coefficient (Wildman–Crippen LogP) is 1.25. The number of amides is 1. The molecular weight excluding hydrogens is 354 g/mol.